The van der Waals surface area contributed by atoms with Crippen molar-refractivity contribution in [2.24, 2.45) is 10.2 Å². The summed E-state index contributed by atoms with van der Waals surface area (Å²) in [5.74, 6) is 0.597. The molecule has 8 nitrogen and oxygen atoms in total. The molecular formula is C25H21ClN4O4S. The van der Waals surface area contributed by atoms with Crippen LogP contribution >= 0.6 is 23.8 Å². The van der Waals surface area contributed by atoms with Crippen LogP contribution in [0.25, 0.3) is 11.4 Å². The van der Waals surface area contributed by atoms with Gasteiger partial charge in [0, 0.05) is 0 Å². The molecule has 10 heteroatoms. The molecule has 0 atom stereocenters. The van der Waals surface area contributed by atoms with Gasteiger partial charge in [0.25, 0.3) is 5.56 Å². The molecule has 0 aliphatic rings. The quantitative estimate of drug-likeness (QED) is 0.226. The summed E-state index contributed by atoms with van der Waals surface area (Å²) in [5, 5.41) is 19.7. The SMILES string of the molecule is CCOc1ccc(N=Nc2c(O)n(-c3ccccc3Cl)c(=S)n(-c3ccccc3OC)c2=O)cc1. The number of azo groups is 1. The lowest BCUT2D eigenvalue weighted by atomic mass is 10.2. The van der Waals surface area contributed by atoms with Gasteiger partial charge in [0.1, 0.15) is 11.5 Å². The molecule has 1 N–H and O–H groups in total. The minimum atomic E-state index is -0.671. The molecule has 0 spiro atoms. The van der Waals surface area contributed by atoms with Crippen molar-refractivity contribution in [3.05, 3.63) is 92.9 Å². The Labute approximate surface area is 211 Å². The lowest BCUT2D eigenvalue weighted by Gasteiger charge is -2.18. The number of methoxy groups -OCH3 is 1. The summed E-state index contributed by atoms with van der Waals surface area (Å²) in [6, 6.07) is 20.5. The highest BCUT2D eigenvalue weighted by atomic mass is 35.5. The molecule has 0 saturated carbocycles. The number of benzene rings is 3. The molecule has 0 aliphatic carbocycles. The molecule has 1 aromatic heterocycles. The molecule has 0 fully saturated rings. The molecule has 4 aromatic rings. The molecule has 1 heterocycles. The van der Waals surface area contributed by atoms with Gasteiger partial charge in [-0.05, 0) is 67.7 Å². The summed E-state index contributed by atoms with van der Waals surface area (Å²) in [7, 11) is 1.49. The monoisotopic (exact) mass is 508 g/mol. The van der Waals surface area contributed by atoms with Crippen molar-refractivity contribution in [2.45, 2.75) is 6.92 Å². The third kappa shape index (κ3) is 4.82. The average molecular weight is 509 g/mol. The molecule has 35 heavy (non-hydrogen) atoms. The standard InChI is InChI=1S/C25H21ClN4O4S/c1-3-34-17-14-12-16(13-15-17)27-28-22-23(31)29(19-9-5-4-8-18(19)26)25(35)30(24(22)32)20-10-6-7-11-21(20)33-2/h4-15,31H,3H2,1-2H3. The van der Waals surface area contributed by atoms with Crippen molar-refractivity contribution < 1.29 is 14.6 Å². The Morgan fingerprint density at radius 3 is 2.26 bits per heavy atom. The van der Waals surface area contributed by atoms with Crippen LogP contribution in [0.4, 0.5) is 11.4 Å². The summed E-state index contributed by atoms with van der Waals surface area (Å²) in [4.78, 5) is 13.6. The Morgan fingerprint density at radius 2 is 1.60 bits per heavy atom. The van der Waals surface area contributed by atoms with E-state index >= 15 is 0 Å². The van der Waals surface area contributed by atoms with Crippen molar-refractivity contribution in [2.75, 3.05) is 13.7 Å². The number of rotatable bonds is 7. The molecule has 3 aromatic carbocycles. The van der Waals surface area contributed by atoms with Gasteiger partial charge < -0.3 is 14.6 Å². The number of ether oxygens (including phenoxy) is 2. The largest absolute Gasteiger partial charge is 0.495 e. The maximum atomic E-state index is 13.6. The highest BCUT2D eigenvalue weighted by Crippen LogP contribution is 2.33. The number of aromatic nitrogens is 2. The maximum Gasteiger partial charge on any atom is 0.290 e. The van der Waals surface area contributed by atoms with E-state index in [1.165, 1.54) is 16.2 Å². The van der Waals surface area contributed by atoms with Crippen LogP contribution in [0.2, 0.25) is 5.02 Å². The number of nitrogens with zero attached hydrogens (tertiary/aromatic N) is 4. The molecule has 0 bridgehead atoms. The number of para-hydroxylation sites is 3. The van der Waals surface area contributed by atoms with Gasteiger partial charge >= 0.3 is 0 Å². The second-order valence-electron chi connectivity index (χ2n) is 7.18. The van der Waals surface area contributed by atoms with Crippen LogP contribution in [0.3, 0.4) is 0 Å². The van der Waals surface area contributed by atoms with E-state index in [-0.39, 0.29) is 10.5 Å². The molecule has 4 rings (SSSR count). The zero-order chi connectivity index (χ0) is 24.9. The summed E-state index contributed by atoms with van der Waals surface area (Å²) in [5.41, 5.74) is 0.220. The fourth-order valence-corrected chi connectivity index (χ4v) is 4.02. The second-order valence-corrected chi connectivity index (χ2v) is 7.95. The predicted molar refractivity (Wildman–Crippen MR) is 137 cm³/mol. The maximum absolute atomic E-state index is 13.6. The molecule has 0 aliphatic heterocycles. The normalized spacial score (nSPS) is 11.1. The van der Waals surface area contributed by atoms with Gasteiger partial charge in [0.2, 0.25) is 11.6 Å². The van der Waals surface area contributed by atoms with Crippen LogP contribution in [0.15, 0.2) is 87.8 Å². The first-order chi connectivity index (χ1) is 17.0. The first kappa shape index (κ1) is 24.2. The van der Waals surface area contributed by atoms with Gasteiger partial charge in [-0.3, -0.25) is 9.36 Å². The number of halogens is 1. The first-order valence-electron chi connectivity index (χ1n) is 10.6. The fraction of sp³-hybridized carbons (Fsp3) is 0.120. The Balaban J connectivity index is 1.97. The van der Waals surface area contributed by atoms with Gasteiger partial charge in [0.15, 0.2) is 4.77 Å². The van der Waals surface area contributed by atoms with Crippen molar-refractivity contribution in [3.8, 4) is 28.8 Å². The van der Waals surface area contributed by atoms with Crippen molar-refractivity contribution in [1.82, 2.24) is 9.13 Å². The smallest absolute Gasteiger partial charge is 0.290 e. The zero-order valence-electron chi connectivity index (χ0n) is 18.9. The third-order valence-corrected chi connectivity index (χ3v) is 5.73. The molecule has 0 saturated heterocycles. The van der Waals surface area contributed by atoms with Gasteiger partial charge in [-0.2, -0.15) is 5.11 Å². The summed E-state index contributed by atoms with van der Waals surface area (Å²) < 4.78 is 13.4. The molecular weight excluding hydrogens is 488 g/mol. The van der Waals surface area contributed by atoms with Crippen LogP contribution in [-0.2, 0) is 0 Å². The Bertz CT molecular complexity index is 1510. The topological polar surface area (TPSA) is 90.3 Å². The highest BCUT2D eigenvalue weighted by Gasteiger charge is 2.22. The molecule has 178 valence electrons. The van der Waals surface area contributed by atoms with E-state index in [9.17, 15) is 9.90 Å². The minimum Gasteiger partial charge on any atom is -0.495 e. The van der Waals surface area contributed by atoms with Crippen LogP contribution in [0.1, 0.15) is 6.92 Å². The minimum absolute atomic E-state index is 0.0230. The van der Waals surface area contributed by atoms with Crippen LogP contribution in [-0.4, -0.2) is 28.0 Å². The second kappa shape index (κ2) is 10.5. The van der Waals surface area contributed by atoms with Gasteiger partial charge in [-0.15, -0.1) is 5.11 Å². The van der Waals surface area contributed by atoms with Crippen molar-refractivity contribution in [3.63, 3.8) is 0 Å². The Hall–Kier alpha value is -3.95. The predicted octanol–water partition coefficient (Wildman–Crippen LogP) is 6.54. The van der Waals surface area contributed by atoms with E-state index in [2.05, 4.69) is 10.2 Å². The van der Waals surface area contributed by atoms with E-state index in [0.29, 0.717) is 40.2 Å². The van der Waals surface area contributed by atoms with E-state index in [4.69, 9.17) is 33.3 Å². The van der Waals surface area contributed by atoms with Crippen molar-refractivity contribution in [1.29, 1.82) is 0 Å². The highest BCUT2D eigenvalue weighted by molar-refractivity contribution is 7.71. The fourth-order valence-electron chi connectivity index (χ4n) is 3.43. The number of hydrogen-bond acceptors (Lipinski definition) is 7. The van der Waals surface area contributed by atoms with E-state index in [0.717, 1.165) is 0 Å². The average Bonchev–Trinajstić information content (AvgIpc) is 2.86. The lowest BCUT2D eigenvalue weighted by Crippen LogP contribution is -2.23. The van der Waals surface area contributed by atoms with Crippen LogP contribution in [0, 0.1) is 4.77 Å². The van der Waals surface area contributed by atoms with Gasteiger partial charge in [-0.25, -0.2) is 4.57 Å². The van der Waals surface area contributed by atoms with E-state index < -0.39 is 11.4 Å². The molecule has 0 radical (unpaired) electrons. The van der Waals surface area contributed by atoms with E-state index in [1.807, 2.05) is 6.92 Å². The lowest BCUT2D eigenvalue weighted by molar-refractivity contribution is 0.340. The zero-order valence-corrected chi connectivity index (χ0v) is 20.5. The Morgan fingerprint density at radius 1 is 0.943 bits per heavy atom. The van der Waals surface area contributed by atoms with E-state index in [1.54, 1.807) is 72.8 Å². The van der Waals surface area contributed by atoms with Gasteiger partial charge in [-0.1, -0.05) is 35.9 Å². The van der Waals surface area contributed by atoms with Crippen LogP contribution < -0.4 is 15.0 Å². The molecule has 0 unspecified atom stereocenters. The first-order valence-corrected chi connectivity index (χ1v) is 11.4. The summed E-state index contributed by atoms with van der Waals surface area (Å²) >= 11 is 12.0. The number of hydrogen-bond donors (Lipinski definition) is 1. The third-order valence-electron chi connectivity index (χ3n) is 5.04. The number of aromatic hydroxyl groups is 1. The Kier molecular flexibility index (Phi) is 7.28. The van der Waals surface area contributed by atoms with Crippen molar-refractivity contribution >= 4 is 35.2 Å². The van der Waals surface area contributed by atoms with Crippen LogP contribution in [0.5, 0.6) is 17.4 Å². The van der Waals surface area contributed by atoms with Gasteiger partial charge in [0.05, 0.1) is 35.8 Å². The summed E-state index contributed by atoms with van der Waals surface area (Å²) in [6.45, 7) is 2.42. The molecule has 0 amide bonds. The summed E-state index contributed by atoms with van der Waals surface area (Å²) in [6.07, 6.45) is 0.